The summed E-state index contributed by atoms with van der Waals surface area (Å²) in [5.41, 5.74) is 3.31. The molecule has 0 amide bonds. The molecule has 1 heteroatoms. The second-order valence-electron chi connectivity index (χ2n) is 6.58. The lowest BCUT2D eigenvalue weighted by molar-refractivity contribution is 0.443. The normalized spacial score (nSPS) is 22.4. The fourth-order valence-corrected chi connectivity index (χ4v) is 3.39. The highest BCUT2D eigenvalue weighted by atomic mass is 14.9. The van der Waals surface area contributed by atoms with Crippen LogP contribution in [0.15, 0.2) is 36.4 Å². The molecular formula is C18H23N. The third kappa shape index (κ3) is 2.06. The van der Waals surface area contributed by atoms with E-state index in [4.69, 9.17) is 0 Å². The van der Waals surface area contributed by atoms with Gasteiger partial charge in [-0.25, -0.2) is 0 Å². The van der Waals surface area contributed by atoms with Gasteiger partial charge < -0.3 is 5.32 Å². The number of rotatable bonds is 3. The maximum absolute atomic E-state index is 3.55. The lowest BCUT2D eigenvalue weighted by Gasteiger charge is -2.21. The van der Waals surface area contributed by atoms with Gasteiger partial charge in [0.2, 0.25) is 0 Å². The number of hydrogen-bond acceptors (Lipinski definition) is 1. The van der Waals surface area contributed by atoms with Gasteiger partial charge in [0.1, 0.15) is 0 Å². The first-order chi connectivity index (χ1) is 9.04. The maximum atomic E-state index is 3.55. The average Bonchev–Trinajstić information content (AvgIpc) is 3.02. The zero-order valence-corrected chi connectivity index (χ0v) is 12.3. The van der Waals surface area contributed by atoms with E-state index in [0.29, 0.717) is 11.5 Å². The van der Waals surface area contributed by atoms with Crippen molar-refractivity contribution in [1.82, 2.24) is 5.32 Å². The van der Waals surface area contributed by atoms with Crippen LogP contribution < -0.4 is 5.32 Å². The Labute approximate surface area is 116 Å². The van der Waals surface area contributed by atoms with E-state index in [0.717, 1.165) is 5.92 Å². The summed E-state index contributed by atoms with van der Waals surface area (Å²) in [6.07, 6.45) is 1.32. The Morgan fingerprint density at radius 3 is 2.32 bits per heavy atom. The molecule has 19 heavy (non-hydrogen) atoms. The number of aryl methyl sites for hydroxylation is 1. The highest BCUT2D eigenvalue weighted by Gasteiger charge is 2.50. The first-order valence-electron chi connectivity index (χ1n) is 7.20. The molecule has 0 bridgehead atoms. The van der Waals surface area contributed by atoms with Crippen molar-refractivity contribution in [3.8, 4) is 0 Å². The summed E-state index contributed by atoms with van der Waals surface area (Å²) >= 11 is 0. The van der Waals surface area contributed by atoms with Gasteiger partial charge in [0.25, 0.3) is 0 Å². The molecule has 0 aromatic heterocycles. The van der Waals surface area contributed by atoms with Gasteiger partial charge in [0.05, 0.1) is 0 Å². The van der Waals surface area contributed by atoms with Crippen LogP contribution in [-0.4, -0.2) is 7.05 Å². The fourth-order valence-electron chi connectivity index (χ4n) is 3.39. The van der Waals surface area contributed by atoms with Crippen LogP contribution in [0, 0.1) is 18.3 Å². The highest BCUT2D eigenvalue weighted by molar-refractivity contribution is 5.89. The van der Waals surface area contributed by atoms with Crippen molar-refractivity contribution in [2.75, 3.05) is 7.05 Å². The van der Waals surface area contributed by atoms with E-state index >= 15 is 0 Å². The van der Waals surface area contributed by atoms with Crippen LogP contribution in [0.2, 0.25) is 0 Å². The summed E-state index contributed by atoms with van der Waals surface area (Å²) in [5.74, 6) is 0.753. The number of nitrogens with one attached hydrogen (secondary N) is 1. The summed E-state index contributed by atoms with van der Waals surface area (Å²) < 4.78 is 0. The summed E-state index contributed by atoms with van der Waals surface area (Å²) in [6, 6.07) is 13.8. The van der Waals surface area contributed by atoms with Crippen molar-refractivity contribution in [2.45, 2.75) is 33.2 Å². The van der Waals surface area contributed by atoms with Crippen molar-refractivity contribution in [3.63, 3.8) is 0 Å². The Kier molecular flexibility index (Phi) is 2.90. The SMILES string of the molecule is CNC(c1ccc(C)c2ccccc12)C1CC1(C)C. The van der Waals surface area contributed by atoms with E-state index in [9.17, 15) is 0 Å². The minimum Gasteiger partial charge on any atom is -0.313 e. The van der Waals surface area contributed by atoms with Gasteiger partial charge in [-0.15, -0.1) is 0 Å². The third-order valence-electron chi connectivity index (χ3n) is 4.81. The first-order valence-corrected chi connectivity index (χ1v) is 7.20. The summed E-state index contributed by atoms with van der Waals surface area (Å²) in [7, 11) is 2.09. The zero-order valence-electron chi connectivity index (χ0n) is 12.3. The first kappa shape index (κ1) is 12.7. The Bertz CT molecular complexity index is 612. The molecule has 3 rings (SSSR count). The number of benzene rings is 2. The molecule has 100 valence electrons. The molecule has 1 saturated carbocycles. The molecular weight excluding hydrogens is 230 g/mol. The van der Waals surface area contributed by atoms with E-state index in [1.165, 1.54) is 28.3 Å². The van der Waals surface area contributed by atoms with E-state index in [1.54, 1.807) is 0 Å². The smallest absolute Gasteiger partial charge is 0.0357 e. The fraction of sp³-hybridized carbons (Fsp3) is 0.444. The van der Waals surface area contributed by atoms with Crippen molar-refractivity contribution in [3.05, 3.63) is 47.5 Å². The van der Waals surface area contributed by atoms with Crippen molar-refractivity contribution >= 4 is 10.8 Å². The van der Waals surface area contributed by atoms with Gasteiger partial charge in [-0.1, -0.05) is 50.2 Å². The average molecular weight is 253 g/mol. The van der Waals surface area contributed by atoms with Crippen LogP contribution in [0.5, 0.6) is 0 Å². The summed E-state index contributed by atoms with van der Waals surface area (Å²) in [4.78, 5) is 0. The molecule has 0 saturated heterocycles. The molecule has 2 unspecified atom stereocenters. The van der Waals surface area contributed by atoms with E-state index in [-0.39, 0.29) is 0 Å². The van der Waals surface area contributed by atoms with Gasteiger partial charge in [-0.05, 0) is 53.6 Å². The van der Waals surface area contributed by atoms with E-state index in [1.807, 2.05) is 0 Å². The molecule has 2 aromatic carbocycles. The number of hydrogen-bond donors (Lipinski definition) is 1. The molecule has 1 aliphatic rings. The summed E-state index contributed by atoms with van der Waals surface area (Å²) in [5, 5.41) is 6.34. The van der Waals surface area contributed by atoms with Crippen LogP contribution in [-0.2, 0) is 0 Å². The topological polar surface area (TPSA) is 12.0 Å². The Balaban J connectivity index is 2.12. The molecule has 2 aromatic rings. The largest absolute Gasteiger partial charge is 0.313 e. The van der Waals surface area contributed by atoms with Gasteiger partial charge in [-0.3, -0.25) is 0 Å². The molecule has 1 N–H and O–H groups in total. The van der Waals surface area contributed by atoms with Crippen LogP contribution in [0.3, 0.4) is 0 Å². The maximum Gasteiger partial charge on any atom is 0.0357 e. The Morgan fingerprint density at radius 2 is 1.74 bits per heavy atom. The van der Waals surface area contributed by atoms with E-state index in [2.05, 4.69) is 69.5 Å². The van der Waals surface area contributed by atoms with Gasteiger partial charge in [0.15, 0.2) is 0 Å². The minimum atomic E-state index is 0.473. The van der Waals surface area contributed by atoms with E-state index < -0.39 is 0 Å². The quantitative estimate of drug-likeness (QED) is 0.852. The molecule has 1 aliphatic carbocycles. The molecule has 0 aliphatic heterocycles. The predicted octanol–water partition coefficient (Wildman–Crippen LogP) is 4.45. The molecule has 0 radical (unpaired) electrons. The molecule has 0 heterocycles. The summed E-state index contributed by atoms with van der Waals surface area (Å²) in [6.45, 7) is 6.94. The van der Waals surface area contributed by atoms with Gasteiger partial charge in [0, 0.05) is 6.04 Å². The minimum absolute atomic E-state index is 0.473. The van der Waals surface area contributed by atoms with Crippen molar-refractivity contribution in [2.24, 2.45) is 11.3 Å². The van der Waals surface area contributed by atoms with Crippen LogP contribution in [0.25, 0.3) is 10.8 Å². The van der Waals surface area contributed by atoms with Gasteiger partial charge >= 0.3 is 0 Å². The Morgan fingerprint density at radius 1 is 1.11 bits per heavy atom. The zero-order chi connectivity index (χ0) is 13.6. The van der Waals surface area contributed by atoms with Crippen LogP contribution in [0.1, 0.15) is 37.4 Å². The second kappa shape index (κ2) is 4.35. The molecule has 1 fully saturated rings. The monoisotopic (exact) mass is 253 g/mol. The van der Waals surface area contributed by atoms with Crippen molar-refractivity contribution in [1.29, 1.82) is 0 Å². The molecule has 0 spiro atoms. The predicted molar refractivity (Wildman–Crippen MR) is 82.4 cm³/mol. The van der Waals surface area contributed by atoms with Crippen LogP contribution >= 0.6 is 0 Å². The lowest BCUT2D eigenvalue weighted by atomic mass is 9.91. The van der Waals surface area contributed by atoms with Crippen molar-refractivity contribution < 1.29 is 0 Å². The lowest BCUT2D eigenvalue weighted by Crippen LogP contribution is -2.20. The second-order valence-corrected chi connectivity index (χ2v) is 6.58. The standard InChI is InChI=1S/C18H23N/c1-12-9-10-15(14-8-6-5-7-13(12)14)17(19-4)16-11-18(16,2)3/h5-10,16-17,19H,11H2,1-4H3. The van der Waals surface area contributed by atoms with Gasteiger partial charge in [-0.2, -0.15) is 0 Å². The molecule has 1 nitrogen and oxygen atoms in total. The third-order valence-corrected chi connectivity index (χ3v) is 4.81. The van der Waals surface area contributed by atoms with Crippen LogP contribution in [0.4, 0.5) is 0 Å². The highest BCUT2D eigenvalue weighted by Crippen LogP contribution is 2.58. The Hall–Kier alpha value is -1.34. The number of fused-ring (bicyclic) bond motifs is 1. The molecule has 2 atom stereocenters.